The van der Waals surface area contributed by atoms with Gasteiger partial charge in [-0.1, -0.05) is 35.8 Å². The van der Waals surface area contributed by atoms with Crippen LogP contribution in [0.25, 0.3) is 0 Å². The minimum absolute atomic E-state index is 0.721. The van der Waals surface area contributed by atoms with Gasteiger partial charge in [-0.3, -0.25) is 0 Å². The number of halogens is 1. The first kappa shape index (κ1) is 15.5. The molecule has 0 atom stereocenters. The molecule has 0 saturated heterocycles. The minimum atomic E-state index is 0.721. The maximum absolute atomic E-state index is 5.75. The van der Waals surface area contributed by atoms with Crippen molar-refractivity contribution in [2.24, 2.45) is 5.92 Å². The summed E-state index contributed by atoms with van der Waals surface area (Å²) in [5.41, 5.74) is 1.18. The lowest BCUT2D eigenvalue weighted by Crippen LogP contribution is -2.22. The highest BCUT2D eigenvalue weighted by atomic mass is 79.9. The van der Waals surface area contributed by atoms with Gasteiger partial charge in [-0.25, -0.2) is 0 Å². The predicted molar refractivity (Wildman–Crippen MR) is 81.3 cm³/mol. The number of rotatable bonds is 8. The zero-order valence-electron chi connectivity index (χ0n) is 11.6. The Morgan fingerprint density at radius 2 is 2.06 bits per heavy atom. The zero-order chi connectivity index (χ0) is 13.4. The molecule has 102 valence electrons. The van der Waals surface area contributed by atoms with E-state index in [4.69, 9.17) is 4.74 Å². The zero-order valence-corrected chi connectivity index (χ0v) is 13.2. The van der Waals surface area contributed by atoms with Crippen LogP contribution >= 0.6 is 15.9 Å². The Balaban J connectivity index is 2.12. The maximum atomic E-state index is 5.75. The van der Waals surface area contributed by atoms with Crippen molar-refractivity contribution in [2.45, 2.75) is 33.6 Å². The van der Waals surface area contributed by atoms with E-state index in [-0.39, 0.29) is 0 Å². The summed E-state index contributed by atoms with van der Waals surface area (Å²) in [7, 11) is 0. The topological polar surface area (TPSA) is 21.3 Å². The van der Waals surface area contributed by atoms with Gasteiger partial charge in [0.15, 0.2) is 0 Å². The van der Waals surface area contributed by atoms with Crippen LogP contribution in [0.1, 0.15) is 32.3 Å². The van der Waals surface area contributed by atoms with Crippen LogP contribution in [-0.2, 0) is 0 Å². The number of aryl methyl sites for hydroxylation is 1. The van der Waals surface area contributed by atoms with Gasteiger partial charge in [0.1, 0.15) is 12.4 Å². The SMILES string of the molecule is Cc1ccc(Br)cc1OCCNCCCC(C)C. The van der Waals surface area contributed by atoms with Crippen molar-refractivity contribution < 1.29 is 4.74 Å². The molecule has 0 unspecified atom stereocenters. The second kappa shape index (κ2) is 8.54. The molecule has 1 aromatic carbocycles. The summed E-state index contributed by atoms with van der Waals surface area (Å²) in [6.07, 6.45) is 2.53. The van der Waals surface area contributed by atoms with Gasteiger partial charge in [-0.05, 0) is 49.9 Å². The maximum Gasteiger partial charge on any atom is 0.123 e. The second-order valence-corrected chi connectivity index (χ2v) is 5.96. The van der Waals surface area contributed by atoms with E-state index >= 15 is 0 Å². The van der Waals surface area contributed by atoms with Crippen LogP contribution in [0.4, 0.5) is 0 Å². The molecule has 3 heteroatoms. The summed E-state index contributed by atoms with van der Waals surface area (Å²) in [5, 5.41) is 3.41. The molecule has 0 saturated carbocycles. The molecule has 1 aromatic rings. The average molecular weight is 314 g/mol. The highest BCUT2D eigenvalue weighted by molar-refractivity contribution is 9.10. The molecule has 0 aliphatic carbocycles. The van der Waals surface area contributed by atoms with Crippen molar-refractivity contribution in [3.8, 4) is 5.75 Å². The van der Waals surface area contributed by atoms with E-state index in [0.717, 1.165) is 35.8 Å². The number of benzene rings is 1. The third-order valence-electron chi connectivity index (χ3n) is 2.82. The fourth-order valence-electron chi connectivity index (χ4n) is 1.72. The van der Waals surface area contributed by atoms with Crippen LogP contribution in [0.2, 0.25) is 0 Å². The Morgan fingerprint density at radius 1 is 1.28 bits per heavy atom. The molecule has 0 aliphatic rings. The van der Waals surface area contributed by atoms with Crippen molar-refractivity contribution in [2.75, 3.05) is 19.7 Å². The van der Waals surface area contributed by atoms with Crippen LogP contribution in [0, 0.1) is 12.8 Å². The van der Waals surface area contributed by atoms with Crippen molar-refractivity contribution in [1.29, 1.82) is 0 Å². The first-order valence-corrected chi connectivity index (χ1v) is 7.48. The van der Waals surface area contributed by atoms with E-state index in [0.29, 0.717) is 0 Å². The first-order chi connectivity index (χ1) is 8.59. The highest BCUT2D eigenvalue weighted by Crippen LogP contribution is 2.22. The van der Waals surface area contributed by atoms with Gasteiger partial charge in [0.2, 0.25) is 0 Å². The van der Waals surface area contributed by atoms with E-state index in [1.807, 2.05) is 12.1 Å². The lowest BCUT2D eigenvalue weighted by Gasteiger charge is -2.10. The standard InChI is InChI=1S/C15H24BrNO/c1-12(2)5-4-8-17-9-10-18-15-11-14(16)7-6-13(15)3/h6-7,11-12,17H,4-5,8-10H2,1-3H3. The summed E-state index contributed by atoms with van der Waals surface area (Å²) in [5.74, 6) is 1.76. The van der Waals surface area contributed by atoms with Crippen molar-refractivity contribution in [1.82, 2.24) is 5.32 Å². The van der Waals surface area contributed by atoms with Gasteiger partial charge in [-0.2, -0.15) is 0 Å². The van der Waals surface area contributed by atoms with Crippen LogP contribution in [0.15, 0.2) is 22.7 Å². The largest absolute Gasteiger partial charge is 0.492 e. The molecule has 1 rings (SSSR count). The molecule has 0 fully saturated rings. The molecule has 1 N–H and O–H groups in total. The second-order valence-electron chi connectivity index (χ2n) is 5.04. The molecule has 2 nitrogen and oxygen atoms in total. The van der Waals surface area contributed by atoms with E-state index in [2.05, 4.69) is 48.1 Å². The Morgan fingerprint density at radius 3 is 2.78 bits per heavy atom. The number of ether oxygens (including phenoxy) is 1. The molecule has 0 bridgehead atoms. The van der Waals surface area contributed by atoms with Gasteiger partial charge < -0.3 is 10.1 Å². The summed E-state index contributed by atoms with van der Waals surface area (Å²) in [6, 6.07) is 6.12. The fourth-order valence-corrected chi connectivity index (χ4v) is 2.06. The van der Waals surface area contributed by atoms with E-state index in [1.54, 1.807) is 0 Å². The Kier molecular flexibility index (Phi) is 7.36. The van der Waals surface area contributed by atoms with Crippen LogP contribution in [-0.4, -0.2) is 19.7 Å². The third-order valence-corrected chi connectivity index (χ3v) is 3.31. The predicted octanol–water partition coefficient (Wildman–Crippen LogP) is 4.16. The molecule has 0 aromatic heterocycles. The van der Waals surface area contributed by atoms with Crippen LogP contribution in [0.3, 0.4) is 0 Å². The number of hydrogen-bond donors (Lipinski definition) is 1. The molecule has 0 heterocycles. The van der Waals surface area contributed by atoms with Gasteiger partial charge in [0.25, 0.3) is 0 Å². The van der Waals surface area contributed by atoms with Gasteiger partial charge >= 0.3 is 0 Å². The highest BCUT2D eigenvalue weighted by Gasteiger charge is 2.00. The number of nitrogens with one attached hydrogen (secondary N) is 1. The molecule has 0 amide bonds. The average Bonchev–Trinajstić information content (AvgIpc) is 2.32. The lowest BCUT2D eigenvalue weighted by atomic mass is 10.1. The quantitative estimate of drug-likeness (QED) is 0.727. The normalized spacial score (nSPS) is 10.9. The van der Waals surface area contributed by atoms with Gasteiger partial charge in [0.05, 0.1) is 0 Å². The minimum Gasteiger partial charge on any atom is -0.492 e. The molecule has 0 aliphatic heterocycles. The van der Waals surface area contributed by atoms with Gasteiger partial charge in [0, 0.05) is 11.0 Å². The van der Waals surface area contributed by atoms with E-state index in [1.165, 1.54) is 18.4 Å². The van der Waals surface area contributed by atoms with Gasteiger partial charge in [-0.15, -0.1) is 0 Å². The molecular formula is C15H24BrNO. The van der Waals surface area contributed by atoms with Crippen LogP contribution in [0.5, 0.6) is 5.75 Å². The molecule has 18 heavy (non-hydrogen) atoms. The Bertz CT molecular complexity index is 352. The Labute approximate surface area is 119 Å². The monoisotopic (exact) mass is 313 g/mol. The lowest BCUT2D eigenvalue weighted by molar-refractivity contribution is 0.311. The molecule has 0 radical (unpaired) electrons. The van der Waals surface area contributed by atoms with Crippen molar-refractivity contribution in [3.63, 3.8) is 0 Å². The van der Waals surface area contributed by atoms with Crippen molar-refractivity contribution in [3.05, 3.63) is 28.2 Å². The summed E-state index contributed by atoms with van der Waals surface area (Å²) in [4.78, 5) is 0. The number of hydrogen-bond acceptors (Lipinski definition) is 2. The molecular weight excluding hydrogens is 290 g/mol. The van der Waals surface area contributed by atoms with Crippen molar-refractivity contribution >= 4 is 15.9 Å². The Hall–Kier alpha value is -0.540. The fraction of sp³-hybridized carbons (Fsp3) is 0.600. The summed E-state index contributed by atoms with van der Waals surface area (Å²) >= 11 is 3.46. The van der Waals surface area contributed by atoms with E-state index in [9.17, 15) is 0 Å². The first-order valence-electron chi connectivity index (χ1n) is 6.69. The smallest absolute Gasteiger partial charge is 0.123 e. The summed E-state index contributed by atoms with van der Waals surface area (Å²) in [6.45, 7) is 9.30. The van der Waals surface area contributed by atoms with Crippen LogP contribution < -0.4 is 10.1 Å². The molecule has 0 spiro atoms. The summed E-state index contributed by atoms with van der Waals surface area (Å²) < 4.78 is 6.82. The third kappa shape index (κ3) is 6.41. The van der Waals surface area contributed by atoms with E-state index < -0.39 is 0 Å².